The topological polar surface area (TPSA) is 46.6 Å². The number of carbonyl (C=O) groups excluding carboxylic acids is 2. The Balaban J connectivity index is 1.85. The molecule has 0 atom stereocenters. The fourth-order valence-corrected chi connectivity index (χ4v) is 3.89. The Labute approximate surface area is 164 Å². The maximum Gasteiger partial charge on any atom is 0.268 e. The highest BCUT2D eigenvalue weighted by molar-refractivity contribution is 8.04. The summed E-state index contributed by atoms with van der Waals surface area (Å²) in [5.74, 6) is -0.452. The highest BCUT2D eigenvalue weighted by Crippen LogP contribution is 2.39. The van der Waals surface area contributed by atoms with Crippen molar-refractivity contribution in [2.45, 2.75) is 31.3 Å². The number of benzene rings is 2. The highest BCUT2D eigenvalue weighted by atomic mass is 32.2. The number of nitrogens with zero attached hydrogens (tertiary/aromatic N) is 1. The molecule has 4 nitrogen and oxygen atoms in total. The number of imide groups is 1. The Morgan fingerprint density at radius 1 is 0.926 bits per heavy atom. The van der Waals surface area contributed by atoms with Gasteiger partial charge in [0.05, 0.1) is 16.6 Å². The van der Waals surface area contributed by atoms with E-state index in [-0.39, 0.29) is 17.9 Å². The van der Waals surface area contributed by atoms with E-state index in [0.717, 1.165) is 10.5 Å². The molecule has 0 radical (unpaired) electrons. The van der Waals surface area contributed by atoms with Crippen molar-refractivity contribution in [2.24, 2.45) is 0 Å². The second-order valence-electron chi connectivity index (χ2n) is 6.52. The third-order valence-electron chi connectivity index (χ3n) is 4.13. The lowest BCUT2D eigenvalue weighted by Gasteiger charge is -2.15. The standard InChI is InChI=1S/C22H23NO3S/c1-16(2)26-15-9-14-23-21(24)19(17-10-5-3-6-11-17)20(22(23)25)27-18-12-7-4-8-13-18/h3-8,10-13,16H,9,14-15H2,1-2H3. The number of amides is 2. The van der Waals surface area contributed by atoms with Crippen molar-refractivity contribution in [3.63, 3.8) is 0 Å². The second kappa shape index (κ2) is 9.02. The van der Waals surface area contributed by atoms with Crippen LogP contribution in [0, 0.1) is 0 Å². The molecule has 1 heterocycles. The van der Waals surface area contributed by atoms with Crippen LogP contribution < -0.4 is 0 Å². The van der Waals surface area contributed by atoms with Crippen LogP contribution in [0.1, 0.15) is 25.8 Å². The molecule has 1 aliphatic heterocycles. The molecule has 0 unspecified atom stereocenters. The van der Waals surface area contributed by atoms with Crippen LogP contribution in [0.4, 0.5) is 0 Å². The summed E-state index contributed by atoms with van der Waals surface area (Å²) in [7, 11) is 0. The lowest BCUT2D eigenvalue weighted by Crippen LogP contribution is -2.33. The predicted octanol–water partition coefficient (Wildman–Crippen LogP) is 4.37. The molecule has 0 bridgehead atoms. The normalized spacial score (nSPS) is 14.6. The van der Waals surface area contributed by atoms with Crippen molar-refractivity contribution < 1.29 is 14.3 Å². The molecule has 0 aliphatic carbocycles. The summed E-state index contributed by atoms with van der Waals surface area (Å²) in [5, 5.41) is 0. The van der Waals surface area contributed by atoms with Gasteiger partial charge in [-0.1, -0.05) is 60.3 Å². The zero-order valence-electron chi connectivity index (χ0n) is 15.6. The summed E-state index contributed by atoms with van der Waals surface area (Å²) in [5.41, 5.74) is 1.26. The third kappa shape index (κ3) is 4.67. The van der Waals surface area contributed by atoms with Gasteiger partial charge in [-0.15, -0.1) is 0 Å². The van der Waals surface area contributed by atoms with Gasteiger partial charge in [0.2, 0.25) is 0 Å². The maximum atomic E-state index is 13.0. The van der Waals surface area contributed by atoms with Gasteiger partial charge in [-0.3, -0.25) is 14.5 Å². The van der Waals surface area contributed by atoms with Crippen molar-refractivity contribution in [3.8, 4) is 0 Å². The van der Waals surface area contributed by atoms with Crippen LogP contribution in [0.3, 0.4) is 0 Å². The molecule has 0 saturated heterocycles. The molecule has 5 heteroatoms. The molecule has 2 aromatic rings. The summed E-state index contributed by atoms with van der Waals surface area (Å²) in [6.45, 7) is 4.82. The summed E-state index contributed by atoms with van der Waals surface area (Å²) in [6, 6.07) is 19.1. The number of carbonyl (C=O) groups is 2. The first-order valence-corrected chi connectivity index (χ1v) is 9.90. The number of thioether (sulfide) groups is 1. The fraction of sp³-hybridized carbons (Fsp3) is 0.273. The van der Waals surface area contributed by atoms with Gasteiger partial charge in [-0.2, -0.15) is 0 Å². The van der Waals surface area contributed by atoms with Crippen LogP contribution in [-0.2, 0) is 14.3 Å². The van der Waals surface area contributed by atoms with Crippen LogP contribution in [0.2, 0.25) is 0 Å². The van der Waals surface area contributed by atoms with Crippen molar-refractivity contribution in [1.29, 1.82) is 0 Å². The first-order valence-electron chi connectivity index (χ1n) is 9.08. The third-order valence-corrected chi connectivity index (χ3v) is 5.22. The number of rotatable bonds is 8. The van der Waals surface area contributed by atoms with E-state index in [1.807, 2.05) is 74.5 Å². The molecule has 0 fully saturated rings. The second-order valence-corrected chi connectivity index (χ2v) is 7.60. The molecular formula is C22H23NO3S. The Bertz CT molecular complexity index is 831. The van der Waals surface area contributed by atoms with E-state index in [2.05, 4.69) is 0 Å². The van der Waals surface area contributed by atoms with Gasteiger partial charge >= 0.3 is 0 Å². The average molecular weight is 381 g/mol. The molecule has 140 valence electrons. The fourth-order valence-electron chi connectivity index (χ4n) is 2.86. The summed E-state index contributed by atoms with van der Waals surface area (Å²) in [4.78, 5) is 28.8. The van der Waals surface area contributed by atoms with E-state index in [1.54, 1.807) is 0 Å². The Morgan fingerprint density at radius 3 is 2.19 bits per heavy atom. The van der Waals surface area contributed by atoms with E-state index in [1.165, 1.54) is 16.7 Å². The van der Waals surface area contributed by atoms with E-state index in [0.29, 0.717) is 30.1 Å². The minimum absolute atomic E-state index is 0.136. The lowest BCUT2D eigenvalue weighted by molar-refractivity contribution is -0.136. The van der Waals surface area contributed by atoms with E-state index < -0.39 is 0 Å². The van der Waals surface area contributed by atoms with Gasteiger partial charge < -0.3 is 4.74 Å². The predicted molar refractivity (Wildman–Crippen MR) is 108 cm³/mol. The van der Waals surface area contributed by atoms with Crippen LogP contribution in [-0.4, -0.2) is 36.0 Å². The minimum atomic E-state index is -0.228. The van der Waals surface area contributed by atoms with E-state index in [4.69, 9.17) is 4.74 Å². The summed E-state index contributed by atoms with van der Waals surface area (Å²) in [6.07, 6.45) is 0.762. The largest absolute Gasteiger partial charge is 0.379 e. The van der Waals surface area contributed by atoms with Crippen LogP contribution in [0.25, 0.3) is 5.57 Å². The maximum absolute atomic E-state index is 13.0. The SMILES string of the molecule is CC(C)OCCCN1C(=O)C(Sc2ccccc2)=C(c2ccccc2)C1=O. The molecule has 0 saturated carbocycles. The van der Waals surface area contributed by atoms with E-state index >= 15 is 0 Å². The molecule has 3 rings (SSSR count). The highest BCUT2D eigenvalue weighted by Gasteiger charge is 2.38. The minimum Gasteiger partial charge on any atom is -0.379 e. The van der Waals surface area contributed by atoms with Crippen LogP contribution in [0.15, 0.2) is 70.5 Å². The smallest absolute Gasteiger partial charge is 0.268 e. The Kier molecular flexibility index (Phi) is 6.48. The number of ether oxygens (including phenoxy) is 1. The van der Waals surface area contributed by atoms with E-state index in [9.17, 15) is 9.59 Å². The molecule has 1 aliphatic rings. The first-order chi connectivity index (χ1) is 13.1. The van der Waals surface area contributed by atoms with Crippen molar-refractivity contribution in [3.05, 3.63) is 71.1 Å². The van der Waals surface area contributed by atoms with Crippen molar-refractivity contribution >= 4 is 29.1 Å². The van der Waals surface area contributed by atoms with Crippen LogP contribution >= 0.6 is 11.8 Å². The average Bonchev–Trinajstić information content (AvgIpc) is 2.90. The molecule has 27 heavy (non-hydrogen) atoms. The van der Waals surface area contributed by atoms with Gasteiger partial charge in [0.1, 0.15) is 0 Å². The van der Waals surface area contributed by atoms with Gasteiger partial charge in [-0.05, 0) is 38.0 Å². The summed E-state index contributed by atoms with van der Waals surface area (Å²) >= 11 is 1.35. The molecule has 2 aromatic carbocycles. The molecule has 2 amide bonds. The molecule has 0 N–H and O–H groups in total. The van der Waals surface area contributed by atoms with Crippen molar-refractivity contribution in [1.82, 2.24) is 4.90 Å². The number of hydrogen-bond acceptors (Lipinski definition) is 4. The van der Waals surface area contributed by atoms with Gasteiger partial charge in [0.15, 0.2) is 0 Å². The lowest BCUT2D eigenvalue weighted by atomic mass is 10.1. The zero-order chi connectivity index (χ0) is 19.2. The van der Waals surface area contributed by atoms with Gasteiger partial charge in [-0.25, -0.2) is 0 Å². The quantitative estimate of drug-likeness (QED) is 0.503. The molecule has 0 aromatic heterocycles. The molecule has 0 spiro atoms. The van der Waals surface area contributed by atoms with Crippen molar-refractivity contribution in [2.75, 3.05) is 13.2 Å². The summed E-state index contributed by atoms with van der Waals surface area (Å²) < 4.78 is 5.54. The Morgan fingerprint density at radius 2 is 1.56 bits per heavy atom. The number of hydrogen-bond donors (Lipinski definition) is 0. The Hall–Kier alpha value is -2.37. The monoisotopic (exact) mass is 381 g/mol. The first kappa shape index (κ1) is 19.4. The van der Waals surface area contributed by atoms with Gasteiger partial charge in [0, 0.05) is 18.0 Å². The van der Waals surface area contributed by atoms with Gasteiger partial charge in [0.25, 0.3) is 11.8 Å². The van der Waals surface area contributed by atoms with Crippen LogP contribution in [0.5, 0.6) is 0 Å². The zero-order valence-corrected chi connectivity index (χ0v) is 16.4. The molecular weight excluding hydrogens is 358 g/mol.